The molecular weight excluding hydrogens is 230 g/mol. The third-order valence-corrected chi connectivity index (χ3v) is 3.26. The molecule has 0 saturated carbocycles. The van der Waals surface area contributed by atoms with Gasteiger partial charge in [0.2, 0.25) is 0 Å². The Morgan fingerprint density at radius 1 is 1.33 bits per heavy atom. The van der Waals surface area contributed by atoms with Crippen molar-refractivity contribution in [3.8, 4) is 11.5 Å². The van der Waals surface area contributed by atoms with Crippen molar-refractivity contribution in [3.63, 3.8) is 0 Å². The van der Waals surface area contributed by atoms with Crippen LogP contribution < -0.4 is 4.90 Å². The number of hydrogen-bond acceptors (Lipinski definition) is 5. The largest absolute Gasteiger partial charge is 0.396 e. The number of aromatic nitrogens is 2. The Kier molecular flexibility index (Phi) is 2.98. The fourth-order valence-electron chi connectivity index (χ4n) is 2.21. The maximum atomic E-state index is 9.12. The first-order valence-corrected chi connectivity index (χ1v) is 6.12. The zero-order chi connectivity index (χ0) is 12.4. The van der Waals surface area contributed by atoms with Gasteiger partial charge >= 0.3 is 0 Å². The van der Waals surface area contributed by atoms with E-state index in [1.165, 1.54) is 0 Å². The molecule has 1 atom stereocenters. The highest BCUT2D eigenvalue weighted by molar-refractivity contribution is 5.54. The normalized spacial score (nSPS) is 19.4. The Hall–Kier alpha value is -1.88. The van der Waals surface area contributed by atoms with E-state index in [4.69, 9.17) is 9.63 Å². The molecule has 5 heteroatoms. The summed E-state index contributed by atoms with van der Waals surface area (Å²) < 4.78 is 5.27. The van der Waals surface area contributed by atoms with Gasteiger partial charge in [-0.25, -0.2) is 0 Å². The highest BCUT2D eigenvalue weighted by Crippen LogP contribution is 2.24. The van der Waals surface area contributed by atoms with E-state index < -0.39 is 0 Å². The minimum atomic E-state index is 0.222. The molecule has 1 unspecified atom stereocenters. The van der Waals surface area contributed by atoms with Gasteiger partial charge in [-0.2, -0.15) is 4.98 Å². The van der Waals surface area contributed by atoms with E-state index in [1.54, 1.807) is 0 Å². The Labute approximate surface area is 105 Å². The smallest absolute Gasteiger partial charge is 0.266 e. The minimum absolute atomic E-state index is 0.222. The molecule has 1 saturated heterocycles. The molecule has 18 heavy (non-hydrogen) atoms. The predicted octanol–water partition coefficient (Wildman–Crippen LogP) is 1.56. The zero-order valence-electron chi connectivity index (χ0n) is 9.99. The predicted molar refractivity (Wildman–Crippen MR) is 67.1 cm³/mol. The van der Waals surface area contributed by atoms with Gasteiger partial charge in [0.25, 0.3) is 11.8 Å². The van der Waals surface area contributed by atoms with Crippen molar-refractivity contribution >= 4 is 5.95 Å². The third-order valence-electron chi connectivity index (χ3n) is 3.26. The van der Waals surface area contributed by atoms with Crippen molar-refractivity contribution < 1.29 is 9.63 Å². The summed E-state index contributed by atoms with van der Waals surface area (Å²) in [6, 6.07) is 9.72. The lowest BCUT2D eigenvalue weighted by atomic mass is 10.1. The highest BCUT2D eigenvalue weighted by atomic mass is 16.5. The third kappa shape index (κ3) is 2.09. The molecule has 1 fully saturated rings. The summed E-state index contributed by atoms with van der Waals surface area (Å²) in [5.41, 5.74) is 0.925. The molecule has 0 aliphatic carbocycles. The highest BCUT2D eigenvalue weighted by Gasteiger charge is 2.25. The average Bonchev–Trinajstić information content (AvgIpc) is 3.08. The lowest BCUT2D eigenvalue weighted by Gasteiger charge is -2.11. The molecule has 1 aromatic heterocycles. The van der Waals surface area contributed by atoms with Gasteiger partial charge in [0.15, 0.2) is 0 Å². The molecule has 2 aromatic rings. The fraction of sp³-hybridized carbons (Fsp3) is 0.385. The van der Waals surface area contributed by atoms with Crippen LogP contribution in [0.1, 0.15) is 6.42 Å². The molecule has 0 bridgehead atoms. The van der Waals surface area contributed by atoms with Gasteiger partial charge in [-0.3, -0.25) is 0 Å². The number of nitrogens with zero attached hydrogens (tertiary/aromatic N) is 3. The SMILES string of the molecule is OCC1CCN(c2noc(-c3ccccc3)n2)C1. The van der Waals surface area contributed by atoms with Gasteiger partial charge in [0, 0.05) is 31.2 Å². The van der Waals surface area contributed by atoms with Gasteiger partial charge in [-0.05, 0) is 23.7 Å². The van der Waals surface area contributed by atoms with Crippen LogP contribution in [-0.2, 0) is 0 Å². The topological polar surface area (TPSA) is 62.4 Å². The van der Waals surface area contributed by atoms with E-state index in [1.807, 2.05) is 30.3 Å². The van der Waals surface area contributed by atoms with Gasteiger partial charge in [-0.1, -0.05) is 18.2 Å². The molecule has 1 N–H and O–H groups in total. The van der Waals surface area contributed by atoms with Gasteiger partial charge in [-0.15, -0.1) is 0 Å². The van der Waals surface area contributed by atoms with Crippen molar-refractivity contribution in [2.24, 2.45) is 5.92 Å². The first-order chi connectivity index (χ1) is 8.86. The van der Waals surface area contributed by atoms with Crippen LogP contribution in [-0.4, -0.2) is 34.9 Å². The van der Waals surface area contributed by atoms with Gasteiger partial charge < -0.3 is 14.5 Å². The maximum Gasteiger partial charge on any atom is 0.266 e. The molecule has 0 amide bonds. The fourth-order valence-corrected chi connectivity index (χ4v) is 2.21. The first kappa shape index (κ1) is 11.2. The molecule has 2 heterocycles. The molecule has 0 spiro atoms. The Morgan fingerprint density at radius 3 is 2.89 bits per heavy atom. The standard InChI is InChI=1S/C13H15N3O2/c17-9-10-6-7-16(8-10)13-14-12(18-15-13)11-4-2-1-3-5-11/h1-5,10,17H,6-9H2. The van der Waals surface area contributed by atoms with Gasteiger partial charge in [0.1, 0.15) is 0 Å². The Morgan fingerprint density at radius 2 is 2.17 bits per heavy atom. The molecule has 1 aliphatic heterocycles. The zero-order valence-corrected chi connectivity index (χ0v) is 9.99. The van der Waals surface area contributed by atoms with Crippen molar-refractivity contribution in [1.29, 1.82) is 0 Å². The summed E-state index contributed by atoms with van der Waals surface area (Å²) in [4.78, 5) is 6.45. The lowest BCUT2D eigenvalue weighted by Crippen LogP contribution is -2.21. The van der Waals surface area contributed by atoms with Crippen LogP contribution >= 0.6 is 0 Å². The molecule has 5 nitrogen and oxygen atoms in total. The summed E-state index contributed by atoms with van der Waals surface area (Å²) in [5, 5.41) is 13.1. The van der Waals surface area contributed by atoms with Gasteiger partial charge in [0.05, 0.1) is 0 Å². The van der Waals surface area contributed by atoms with E-state index in [0.717, 1.165) is 25.1 Å². The summed E-state index contributed by atoms with van der Waals surface area (Å²) in [6.07, 6.45) is 0.978. The van der Waals surface area contributed by atoms with E-state index in [2.05, 4.69) is 15.0 Å². The van der Waals surface area contributed by atoms with Crippen LogP contribution in [0.4, 0.5) is 5.95 Å². The summed E-state index contributed by atoms with van der Waals surface area (Å²) in [7, 11) is 0. The number of benzene rings is 1. The molecule has 0 radical (unpaired) electrons. The van der Waals surface area contributed by atoms with Crippen molar-refractivity contribution in [3.05, 3.63) is 30.3 Å². The second-order valence-electron chi connectivity index (χ2n) is 4.55. The molecule has 1 aromatic carbocycles. The molecule has 1 aliphatic rings. The second kappa shape index (κ2) is 4.78. The van der Waals surface area contributed by atoms with Crippen LogP contribution in [0.3, 0.4) is 0 Å². The van der Waals surface area contributed by atoms with Crippen LogP contribution in [0.25, 0.3) is 11.5 Å². The molecular formula is C13H15N3O2. The second-order valence-corrected chi connectivity index (χ2v) is 4.55. The Balaban J connectivity index is 1.78. The number of rotatable bonds is 3. The average molecular weight is 245 g/mol. The monoisotopic (exact) mass is 245 g/mol. The van der Waals surface area contributed by atoms with E-state index in [0.29, 0.717) is 17.8 Å². The number of aliphatic hydroxyl groups is 1. The van der Waals surface area contributed by atoms with Crippen molar-refractivity contribution in [1.82, 2.24) is 10.1 Å². The number of anilines is 1. The number of hydrogen-bond donors (Lipinski definition) is 1. The number of aliphatic hydroxyl groups excluding tert-OH is 1. The van der Waals surface area contributed by atoms with E-state index in [-0.39, 0.29) is 6.61 Å². The van der Waals surface area contributed by atoms with Crippen LogP contribution in [0.5, 0.6) is 0 Å². The van der Waals surface area contributed by atoms with Crippen LogP contribution in [0, 0.1) is 5.92 Å². The summed E-state index contributed by atoms with van der Waals surface area (Å²) in [5.74, 6) is 1.48. The summed E-state index contributed by atoms with van der Waals surface area (Å²) >= 11 is 0. The maximum absolute atomic E-state index is 9.12. The van der Waals surface area contributed by atoms with Crippen molar-refractivity contribution in [2.45, 2.75) is 6.42 Å². The minimum Gasteiger partial charge on any atom is -0.396 e. The molecule has 3 rings (SSSR count). The molecule has 94 valence electrons. The summed E-state index contributed by atoms with van der Waals surface area (Å²) in [6.45, 7) is 1.89. The van der Waals surface area contributed by atoms with Crippen LogP contribution in [0.15, 0.2) is 34.9 Å². The van der Waals surface area contributed by atoms with Crippen LogP contribution in [0.2, 0.25) is 0 Å². The lowest BCUT2D eigenvalue weighted by molar-refractivity contribution is 0.238. The first-order valence-electron chi connectivity index (χ1n) is 6.12. The van der Waals surface area contributed by atoms with E-state index in [9.17, 15) is 0 Å². The Bertz CT molecular complexity index is 512. The quantitative estimate of drug-likeness (QED) is 0.889. The van der Waals surface area contributed by atoms with E-state index >= 15 is 0 Å². The van der Waals surface area contributed by atoms with Crippen molar-refractivity contribution in [2.75, 3.05) is 24.6 Å².